The van der Waals surface area contributed by atoms with Crippen LogP contribution in [0.5, 0.6) is 0 Å². The summed E-state index contributed by atoms with van der Waals surface area (Å²) >= 11 is 0. The Labute approximate surface area is 75.5 Å². The van der Waals surface area contributed by atoms with Crippen LogP contribution in [0.1, 0.15) is 47.5 Å². The van der Waals surface area contributed by atoms with E-state index < -0.39 is 6.17 Å². The first-order valence-corrected chi connectivity index (χ1v) is 4.90. The van der Waals surface area contributed by atoms with Gasteiger partial charge in [0.1, 0.15) is 6.17 Å². The first-order valence-electron chi connectivity index (χ1n) is 4.90. The monoisotopic (exact) mass is 172 g/mol. The van der Waals surface area contributed by atoms with Crippen LogP contribution in [0.2, 0.25) is 0 Å². The summed E-state index contributed by atoms with van der Waals surface area (Å²) in [6.07, 6.45) is 1.13. The summed E-state index contributed by atoms with van der Waals surface area (Å²) in [5.41, 5.74) is 0.197. The van der Waals surface area contributed by atoms with Crippen LogP contribution < -0.4 is 0 Å². The van der Waals surface area contributed by atoms with E-state index in [2.05, 4.69) is 20.8 Å². The fourth-order valence-electron chi connectivity index (χ4n) is 2.41. The van der Waals surface area contributed by atoms with Gasteiger partial charge in [-0.25, -0.2) is 4.39 Å². The Kier molecular flexibility index (Phi) is 2.26. The molecule has 1 aliphatic rings. The van der Waals surface area contributed by atoms with Gasteiger partial charge in [0.25, 0.3) is 0 Å². The van der Waals surface area contributed by atoms with Gasteiger partial charge in [0.05, 0.1) is 0 Å². The minimum absolute atomic E-state index is 0.115. The van der Waals surface area contributed by atoms with Gasteiger partial charge >= 0.3 is 0 Å². The highest BCUT2D eigenvalue weighted by Crippen LogP contribution is 2.50. The molecule has 0 nitrogen and oxygen atoms in total. The van der Waals surface area contributed by atoms with Crippen molar-refractivity contribution in [3.8, 4) is 0 Å². The van der Waals surface area contributed by atoms with Crippen LogP contribution in [0, 0.1) is 16.7 Å². The summed E-state index contributed by atoms with van der Waals surface area (Å²) < 4.78 is 13.6. The molecule has 0 spiro atoms. The fraction of sp³-hybridized carbons (Fsp3) is 1.00. The Hall–Kier alpha value is -0.0700. The molecule has 0 bridgehead atoms. The molecule has 0 aromatic heterocycles. The van der Waals surface area contributed by atoms with Crippen LogP contribution >= 0.6 is 0 Å². The molecule has 2 unspecified atom stereocenters. The molecule has 0 aromatic rings. The second-order valence-electron chi connectivity index (χ2n) is 5.76. The van der Waals surface area contributed by atoms with E-state index in [1.165, 1.54) is 0 Å². The van der Waals surface area contributed by atoms with E-state index in [1.807, 2.05) is 13.8 Å². The van der Waals surface area contributed by atoms with Gasteiger partial charge in [-0.15, -0.1) is 0 Å². The molecule has 1 saturated carbocycles. The maximum absolute atomic E-state index is 13.6. The lowest BCUT2D eigenvalue weighted by atomic mass is 9.60. The Bertz CT molecular complexity index is 152. The van der Waals surface area contributed by atoms with Gasteiger partial charge in [-0.05, 0) is 29.6 Å². The summed E-state index contributed by atoms with van der Waals surface area (Å²) in [6.45, 7) is 10.8. The van der Waals surface area contributed by atoms with Gasteiger partial charge in [0, 0.05) is 0 Å². The highest BCUT2D eigenvalue weighted by Gasteiger charge is 2.44. The van der Waals surface area contributed by atoms with E-state index in [0.29, 0.717) is 11.3 Å². The molecule has 0 N–H and O–H groups in total. The molecule has 1 heteroatoms. The highest BCUT2D eigenvalue weighted by molar-refractivity contribution is 4.94. The van der Waals surface area contributed by atoms with Crippen LogP contribution in [0.4, 0.5) is 4.39 Å². The summed E-state index contributed by atoms with van der Waals surface area (Å²) in [5.74, 6) is 0.514. The predicted molar refractivity (Wildman–Crippen MR) is 50.9 cm³/mol. The quantitative estimate of drug-likeness (QED) is 0.521. The molecule has 2 atom stereocenters. The molecule has 1 fully saturated rings. The van der Waals surface area contributed by atoms with Crippen molar-refractivity contribution in [2.75, 3.05) is 0 Å². The van der Waals surface area contributed by atoms with Crippen LogP contribution in [0.25, 0.3) is 0 Å². The zero-order valence-corrected chi connectivity index (χ0v) is 8.95. The first kappa shape index (κ1) is 10.0. The zero-order chi connectivity index (χ0) is 9.57. The Morgan fingerprint density at radius 2 is 1.58 bits per heavy atom. The van der Waals surface area contributed by atoms with Crippen molar-refractivity contribution >= 4 is 0 Å². The number of hydrogen-bond donors (Lipinski definition) is 0. The minimum atomic E-state index is -0.611. The number of alkyl halides is 1. The maximum atomic E-state index is 13.6. The number of rotatable bonds is 0. The third kappa shape index (κ3) is 1.65. The van der Waals surface area contributed by atoms with Crippen LogP contribution in [-0.2, 0) is 0 Å². The molecule has 12 heavy (non-hydrogen) atoms. The average Bonchev–Trinajstić information content (AvgIpc) is 1.82. The molecule has 72 valence electrons. The number of hydrogen-bond acceptors (Lipinski definition) is 0. The van der Waals surface area contributed by atoms with E-state index in [0.717, 1.165) is 12.8 Å². The average molecular weight is 172 g/mol. The largest absolute Gasteiger partial charge is 0.247 e. The van der Waals surface area contributed by atoms with Crippen molar-refractivity contribution in [3.63, 3.8) is 0 Å². The SMILES string of the molecule is CC1CC(F)C(C)(C)CC1(C)C. The summed E-state index contributed by atoms with van der Waals surface area (Å²) in [5, 5.41) is 0. The van der Waals surface area contributed by atoms with Crippen LogP contribution in [0.15, 0.2) is 0 Å². The molecule has 0 heterocycles. The van der Waals surface area contributed by atoms with E-state index in [4.69, 9.17) is 0 Å². The number of halogens is 1. The van der Waals surface area contributed by atoms with Crippen LogP contribution in [-0.4, -0.2) is 6.17 Å². The van der Waals surface area contributed by atoms with Gasteiger partial charge in [0.2, 0.25) is 0 Å². The summed E-state index contributed by atoms with van der Waals surface area (Å²) in [7, 11) is 0. The zero-order valence-electron chi connectivity index (χ0n) is 8.95. The lowest BCUT2D eigenvalue weighted by Gasteiger charge is -2.47. The molecule has 0 amide bonds. The Morgan fingerprint density at radius 1 is 1.08 bits per heavy atom. The molecular weight excluding hydrogens is 151 g/mol. The Balaban J connectivity index is 2.78. The molecule has 1 rings (SSSR count). The lowest BCUT2D eigenvalue weighted by molar-refractivity contribution is -0.0165. The second kappa shape index (κ2) is 2.71. The van der Waals surface area contributed by atoms with E-state index in [9.17, 15) is 4.39 Å². The third-order valence-electron chi connectivity index (χ3n) is 3.65. The first-order chi connectivity index (χ1) is 5.26. The van der Waals surface area contributed by atoms with Crippen molar-refractivity contribution in [2.24, 2.45) is 16.7 Å². The topological polar surface area (TPSA) is 0 Å². The van der Waals surface area contributed by atoms with Crippen molar-refractivity contribution in [1.29, 1.82) is 0 Å². The summed E-state index contributed by atoms with van der Waals surface area (Å²) in [6, 6.07) is 0. The smallest absolute Gasteiger partial charge is 0.105 e. The fourth-order valence-corrected chi connectivity index (χ4v) is 2.41. The lowest BCUT2D eigenvalue weighted by Crippen LogP contribution is -2.42. The molecule has 0 aliphatic heterocycles. The van der Waals surface area contributed by atoms with E-state index in [-0.39, 0.29) is 5.41 Å². The van der Waals surface area contributed by atoms with Gasteiger partial charge in [-0.1, -0.05) is 34.6 Å². The normalized spacial score (nSPS) is 39.5. The van der Waals surface area contributed by atoms with E-state index in [1.54, 1.807) is 0 Å². The van der Waals surface area contributed by atoms with Crippen molar-refractivity contribution in [2.45, 2.75) is 53.6 Å². The van der Waals surface area contributed by atoms with Crippen LogP contribution in [0.3, 0.4) is 0 Å². The standard InChI is InChI=1S/C11H21F/c1-8-6-9(12)11(4,5)7-10(8,2)3/h8-9H,6-7H2,1-5H3. The molecule has 0 aromatic carbocycles. The molecular formula is C11H21F. The third-order valence-corrected chi connectivity index (χ3v) is 3.65. The maximum Gasteiger partial charge on any atom is 0.105 e. The Morgan fingerprint density at radius 3 is 2.00 bits per heavy atom. The van der Waals surface area contributed by atoms with Crippen molar-refractivity contribution < 1.29 is 4.39 Å². The second-order valence-corrected chi connectivity index (χ2v) is 5.76. The van der Waals surface area contributed by atoms with Gasteiger partial charge in [-0.2, -0.15) is 0 Å². The van der Waals surface area contributed by atoms with Crippen molar-refractivity contribution in [1.82, 2.24) is 0 Å². The van der Waals surface area contributed by atoms with Crippen molar-refractivity contribution in [3.05, 3.63) is 0 Å². The molecule has 0 saturated heterocycles. The van der Waals surface area contributed by atoms with Gasteiger partial charge in [0.15, 0.2) is 0 Å². The van der Waals surface area contributed by atoms with E-state index >= 15 is 0 Å². The predicted octanol–water partition coefficient (Wildman–Crippen LogP) is 3.81. The molecule has 0 radical (unpaired) electrons. The highest BCUT2D eigenvalue weighted by atomic mass is 19.1. The minimum Gasteiger partial charge on any atom is -0.247 e. The summed E-state index contributed by atoms with van der Waals surface area (Å²) in [4.78, 5) is 0. The molecule has 1 aliphatic carbocycles. The van der Waals surface area contributed by atoms with Gasteiger partial charge < -0.3 is 0 Å². The van der Waals surface area contributed by atoms with Gasteiger partial charge in [-0.3, -0.25) is 0 Å².